The Labute approximate surface area is 114 Å². The minimum absolute atomic E-state index is 0.150. The molecule has 6 heteroatoms. The molecule has 0 fully saturated rings. The van der Waals surface area contributed by atoms with Gasteiger partial charge < -0.3 is 20.5 Å². The Kier molecular flexibility index (Phi) is 8.95. The van der Waals surface area contributed by atoms with Crippen molar-refractivity contribution in [2.45, 2.75) is 52.7 Å². The summed E-state index contributed by atoms with van der Waals surface area (Å²) in [7, 11) is 0. The van der Waals surface area contributed by atoms with Gasteiger partial charge in [-0.3, -0.25) is 0 Å². The molecule has 3 N–H and O–H groups in total. The van der Waals surface area contributed by atoms with Crippen LogP contribution in [0.2, 0.25) is 0 Å². The number of hydrogen-bond acceptors (Lipinski definition) is 3. The van der Waals surface area contributed by atoms with Crippen LogP contribution >= 0.6 is 0 Å². The van der Waals surface area contributed by atoms with Gasteiger partial charge in [0.05, 0.1) is 6.10 Å². The molecular weight excluding hydrogens is 248 g/mol. The van der Waals surface area contributed by atoms with E-state index in [4.69, 9.17) is 9.84 Å². The second-order valence-corrected chi connectivity index (χ2v) is 5.09. The molecule has 0 aliphatic heterocycles. The number of hydrogen-bond donors (Lipinski definition) is 3. The molecule has 0 saturated carbocycles. The Morgan fingerprint density at radius 3 is 2.26 bits per heavy atom. The highest BCUT2D eigenvalue weighted by Gasteiger charge is 2.22. The van der Waals surface area contributed by atoms with Gasteiger partial charge in [0, 0.05) is 13.2 Å². The molecule has 0 unspecified atom stereocenters. The van der Waals surface area contributed by atoms with E-state index < -0.39 is 18.0 Å². The van der Waals surface area contributed by atoms with Crippen LogP contribution in [0.25, 0.3) is 0 Å². The van der Waals surface area contributed by atoms with Crippen LogP contribution in [-0.2, 0) is 9.53 Å². The van der Waals surface area contributed by atoms with Crippen molar-refractivity contribution in [2.75, 3.05) is 13.2 Å². The summed E-state index contributed by atoms with van der Waals surface area (Å²) < 4.78 is 5.37. The number of carboxylic acid groups (broad SMARTS) is 1. The summed E-state index contributed by atoms with van der Waals surface area (Å²) in [4.78, 5) is 22.4. The summed E-state index contributed by atoms with van der Waals surface area (Å²) in [6.07, 6.45) is 1.89. The van der Waals surface area contributed by atoms with E-state index in [9.17, 15) is 9.59 Å². The normalized spacial score (nSPS) is 12.5. The van der Waals surface area contributed by atoms with Gasteiger partial charge in [-0.25, -0.2) is 9.59 Å². The van der Waals surface area contributed by atoms with Gasteiger partial charge in [-0.2, -0.15) is 0 Å². The average molecular weight is 274 g/mol. The van der Waals surface area contributed by atoms with E-state index in [0.717, 1.165) is 12.8 Å². The third-order valence-electron chi connectivity index (χ3n) is 2.53. The number of carbonyl (C=O) groups excluding carboxylic acids is 1. The first-order valence-electron chi connectivity index (χ1n) is 6.73. The van der Waals surface area contributed by atoms with Gasteiger partial charge >= 0.3 is 12.0 Å². The highest BCUT2D eigenvalue weighted by Crippen LogP contribution is 2.01. The van der Waals surface area contributed by atoms with Gasteiger partial charge in [-0.1, -0.05) is 13.8 Å². The smallest absolute Gasteiger partial charge is 0.326 e. The summed E-state index contributed by atoms with van der Waals surface area (Å²) in [5, 5.41) is 14.0. The van der Waals surface area contributed by atoms with Crippen molar-refractivity contribution in [3.8, 4) is 0 Å². The summed E-state index contributed by atoms with van der Waals surface area (Å²) in [5.74, 6) is -1.17. The molecule has 0 heterocycles. The Morgan fingerprint density at radius 1 is 1.16 bits per heavy atom. The number of carboxylic acids is 1. The topological polar surface area (TPSA) is 87.7 Å². The lowest BCUT2D eigenvalue weighted by atomic mass is 10.1. The minimum atomic E-state index is -1.02. The highest BCUT2D eigenvalue weighted by atomic mass is 16.5. The number of carbonyl (C=O) groups is 2. The summed E-state index contributed by atoms with van der Waals surface area (Å²) >= 11 is 0. The molecule has 0 rings (SSSR count). The van der Waals surface area contributed by atoms with Gasteiger partial charge in [0.15, 0.2) is 0 Å². The van der Waals surface area contributed by atoms with Crippen LogP contribution in [0.15, 0.2) is 0 Å². The largest absolute Gasteiger partial charge is 0.480 e. The molecule has 0 aliphatic rings. The average Bonchev–Trinajstić information content (AvgIpc) is 2.29. The number of aliphatic carboxylic acids is 1. The number of unbranched alkanes of at least 4 members (excludes halogenated alkanes) is 1. The monoisotopic (exact) mass is 274 g/mol. The highest BCUT2D eigenvalue weighted by molar-refractivity contribution is 5.82. The number of rotatable bonds is 9. The molecule has 0 radical (unpaired) electrons. The molecule has 0 aliphatic carbocycles. The predicted molar refractivity (Wildman–Crippen MR) is 73.1 cm³/mol. The maximum absolute atomic E-state index is 11.5. The third kappa shape index (κ3) is 9.30. The van der Waals surface area contributed by atoms with Gasteiger partial charge in [0.1, 0.15) is 6.04 Å². The third-order valence-corrected chi connectivity index (χ3v) is 2.53. The van der Waals surface area contributed by atoms with Gasteiger partial charge in [0.2, 0.25) is 0 Å². The van der Waals surface area contributed by atoms with Crippen molar-refractivity contribution in [1.29, 1.82) is 0 Å². The van der Waals surface area contributed by atoms with Crippen LogP contribution < -0.4 is 10.6 Å². The minimum Gasteiger partial charge on any atom is -0.480 e. The Hall–Kier alpha value is -1.30. The second kappa shape index (κ2) is 9.61. The molecule has 0 aromatic rings. The number of ether oxygens (including phenoxy) is 1. The van der Waals surface area contributed by atoms with Gasteiger partial charge in [-0.05, 0) is 32.6 Å². The maximum Gasteiger partial charge on any atom is 0.326 e. The van der Waals surface area contributed by atoms with Gasteiger partial charge in [0.25, 0.3) is 0 Å². The first-order chi connectivity index (χ1) is 8.84. The van der Waals surface area contributed by atoms with E-state index >= 15 is 0 Å². The maximum atomic E-state index is 11.5. The zero-order valence-corrected chi connectivity index (χ0v) is 12.2. The van der Waals surface area contributed by atoms with E-state index in [-0.39, 0.29) is 12.0 Å². The van der Waals surface area contributed by atoms with Gasteiger partial charge in [-0.15, -0.1) is 0 Å². The van der Waals surface area contributed by atoms with Crippen molar-refractivity contribution < 1.29 is 19.4 Å². The fourth-order valence-electron chi connectivity index (χ4n) is 1.45. The predicted octanol–water partition coefficient (Wildman–Crippen LogP) is 1.60. The van der Waals surface area contributed by atoms with E-state index in [2.05, 4.69) is 10.6 Å². The SMILES string of the molecule is CC(C)OCCCCNC(=O)N[C@H](C(=O)O)C(C)C. The van der Waals surface area contributed by atoms with E-state index in [1.54, 1.807) is 13.8 Å². The zero-order valence-electron chi connectivity index (χ0n) is 12.2. The molecule has 2 amide bonds. The van der Waals surface area contributed by atoms with Crippen molar-refractivity contribution in [1.82, 2.24) is 10.6 Å². The van der Waals surface area contributed by atoms with E-state index in [1.807, 2.05) is 13.8 Å². The first kappa shape index (κ1) is 17.7. The van der Waals surface area contributed by atoms with Crippen molar-refractivity contribution in [3.63, 3.8) is 0 Å². The van der Waals surface area contributed by atoms with Crippen LogP contribution in [0, 0.1) is 5.92 Å². The zero-order chi connectivity index (χ0) is 14.8. The van der Waals surface area contributed by atoms with E-state index in [1.165, 1.54) is 0 Å². The van der Waals surface area contributed by atoms with Crippen LogP contribution in [0.4, 0.5) is 4.79 Å². The van der Waals surface area contributed by atoms with Crippen molar-refractivity contribution >= 4 is 12.0 Å². The van der Waals surface area contributed by atoms with Crippen LogP contribution in [0.5, 0.6) is 0 Å². The molecule has 0 spiro atoms. The first-order valence-corrected chi connectivity index (χ1v) is 6.73. The van der Waals surface area contributed by atoms with Crippen molar-refractivity contribution in [3.05, 3.63) is 0 Å². The fourth-order valence-corrected chi connectivity index (χ4v) is 1.45. The molecule has 0 aromatic heterocycles. The second-order valence-electron chi connectivity index (χ2n) is 5.09. The molecule has 112 valence electrons. The Balaban J connectivity index is 3.72. The van der Waals surface area contributed by atoms with Crippen LogP contribution in [0.3, 0.4) is 0 Å². The summed E-state index contributed by atoms with van der Waals surface area (Å²) in [5.41, 5.74) is 0. The molecule has 6 nitrogen and oxygen atoms in total. The number of urea groups is 1. The summed E-state index contributed by atoms with van der Waals surface area (Å²) in [6.45, 7) is 8.64. The van der Waals surface area contributed by atoms with E-state index in [0.29, 0.717) is 13.2 Å². The molecule has 1 atom stereocenters. The molecule has 0 saturated heterocycles. The quantitative estimate of drug-likeness (QED) is 0.557. The fraction of sp³-hybridized carbons (Fsp3) is 0.846. The lowest BCUT2D eigenvalue weighted by Gasteiger charge is -2.18. The molecular formula is C13H26N2O4. The number of amides is 2. The lowest BCUT2D eigenvalue weighted by Crippen LogP contribution is -2.48. The van der Waals surface area contributed by atoms with Crippen LogP contribution in [-0.4, -0.2) is 42.4 Å². The molecule has 19 heavy (non-hydrogen) atoms. The number of nitrogens with one attached hydrogen (secondary N) is 2. The standard InChI is InChI=1S/C13H26N2O4/c1-9(2)11(12(16)17)15-13(18)14-7-5-6-8-19-10(3)4/h9-11H,5-8H2,1-4H3,(H,16,17)(H2,14,15,18)/t11-/m0/s1. The molecule has 0 aromatic carbocycles. The summed E-state index contributed by atoms with van der Waals surface area (Å²) in [6, 6.07) is -1.30. The Morgan fingerprint density at radius 2 is 1.79 bits per heavy atom. The van der Waals surface area contributed by atoms with Crippen LogP contribution in [0.1, 0.15) is 40.5 Å². The Bertz CT molecular complexity index is 280. The molecule has 0 bridgehead atoms. The lowest BCUT2D eigenvalue weighted by molar-refractivity contribution is -0.140. The van der Waals surface area contributed by atoms with Crippen molar-refractivity contribution in [2.24, 2.45) is 5.92 Å².